The van der Waals surface area contributed by atoms with Gasteiger partial charge in [0.25, 0.3) is 0 Å². The van der Waals surface area contributed by atoms with Crippen LogP contribution in [0.2, 0.25) is 0 Å². The molecule has 1 saturated carbocycles. The summed E-state index contributed by atoms with van der Waals surface area (Å²) >= 11 is 0. The number of benzene rings is 1. The zero-order valence-electron chi connectivity index (χ0n) is 13.2. The number of anilines is 1. The van der Waals surface area contributed by atoms with Crippen LogP contribution in [0.1, 0.15) is 63.9 Å². The lowest BCUT2D eigenvalue weighted by molar-refractivity contribution is -0.151. The summed E-state index contributed by atoms with van der Waals surface area (Å²) in [5, 5.41) is 0. The Morgan fingerprint density at radius 1 is 1.33 bits per heavy atom. The smallest absolute Gasteiger partial charge is 0.306 e. The van der Waals surface area contributed by atoms with Gasteiger partial charge in [-0.1, -0.05) is 38.8 Å². The molecule has 0 heterocycles. The first kappa shape index (κ1) is 15.9. The molecule has 0 aliphatic heterocycles. The fourth-order valence-corrected chi connectivity index (χ4v) is 3.15. The lowest BCUT2D eigenvalue weighted by Crippen LogP contribution is -2.25. The maximum atomic E-state index is 12.1. The van der Waals surface area contributed by atoms with Crippen molar-refractivity contribution in [1.82, 2.24) is 0 Å². The van der Waals surface area contributed by atoms with E-state index in [-0.39, 0.29) is 18.0 Å². The van der Waals surface area contributed by atoms with E-state index in [0.717, 1.165) is 30.0 Å². The van der Waals surface area contributed by atoms with Crippen LogP contribution in [0.4, 0.5) is 5.69 Å². The highest BCUT2D eigenvalue weighted by Crippen LogP contribution is 2.29. The second-order valence-corrected chi connectivity index (χ2v) is 6.32. The summed E-state index contributed by atoms with van der Waals surface area (Å²) in [6.07, 6.45) is 6.30. The quantitative estimate of drug-likeness (QED) is 0.650. The first-order valence-corrected chi connectivity index (χ1v) is 8.13. The van der Waals surface area contributed by atoms with Gasteiger partial charge < -0.3 is 10.5 Å². The van der Waals surface area contributed by atoms with Crippen molar-refractivity contribution in [3.8, 4) is 0 Å². The van der Waals surface area contributed by atoms with Gasteiger partial charge in [-0.15, -0.1) is 0 Å². The molecule has 1 aromatic rings. The molecule has 0 aromatic heterocycles. The molecule has 1 aliphatic rings. The summed E-state index contributed by atoms with van der Waals surface area (Å²) in [5.74, 6) is 0.829. The number of nitrogens with two attached hydrogens (primary N) is 1. The van der Waals surface area contributed by atoms with Crippen molar-refractivity contribution in [2.75, 3.05) is 5.73 Å². The maximum Gasteiger partial charge on any atom is 0.306 e. The molecule has 21 heavy (non-hydrogen) atoms. The van der Waals surface area contributed by atoms with Gasteiger partial charge in [-0.2, -0.15) is 0 Å². The lowest BCUT2D eigenvalue weighted by Gasteiger charge is -2.28. The molecule has 0 bridgehead atoms. The standard InChI is InChI=1S/C18H27NO2/c1-3-14-5-4-6-17(12-14)21-18(20)11-13(2)15-7-9-16(19)10-8-15/h7-10,13-14,17H,3-6,11-12,19H2,1-2H3. The summed E-state index contributed by atoms with van der Waals surface area (Å²) in [5.41, 5.74) is 7.57. The molecule has 3 heteroatoms. The highest BCUT2D eigenvalue weighted by atomic mass is 16.5. The van der Waals surface area contributed by atoms with Gasteiger partial charge >= 0.3 is 5.97 Å². The Morgan fingerprint density at radius 2 is 2.05 bits per heavy atom. The topological polar surface area (TPSA) is 52.3 Å². The van der Waals surface area contributed by atoms with E-state index in [0.29, 0.717) is 6.42 Å². The minimum atomic E-state index is -0.0684. The van der Waals surface area contributed by atoms with Gasteiger partial charge in [-0.05, 0) is 48.8 Å². The molecule has 2 N–H and O–H groups in total. The average molecular weight is 289 g/mol. The predicted molar refractivity (Wildman–Crippen MR) is 86.0 cm³/mol. The normalized spacial score (nSPS) is 23.5. The molecule has 0 amide bonds. The molecule has 2 rings (SSSR count). The zero-order valence-corrected chi connectivity index (χ0v) is 13.2. The maximum absolute atomic E-state index is 12.1. The SMILES string of the molecule is CCC1CCCC(OC(=O)CC(C)c2ccc(N)cc2)C1. The number of hydrogen-bond donors (Lipinski definition) is 1. The molecule has 3 unspecified atom stereocenters. The van der Waals surface area contributed by atoms with Crippen molar-refractivity contribution in [3.05, 3.63) is 29.8 Å². The van der Waals surface area contributed by atoms with E-state index in [9.17, 15) is 4.79 Å². The van der Waals surface area contributed by atoms with Gasteiger partial charge in [-0.25, -0.2) is 0 Å². The first-order chi connectivity index (χ1) is 10.1. The van der Waals surface area contributed by atoms with E-state index >= 15 is 0 Å². The van der Waals surface area contributed by atoms with Crippen LogP contribution in [0.25, 0.3) is 0 Å². The van der Waals surface area contributed by atoms with Crippen LogP contribution in [-0.4, -0.2) is 12.1 Å². The number of carbonyl (C=O) groups is 1. The number of ether oxygens (including phenoxy) is 1. The summed E-state index contributed by atoms with van der Waals surface area (Å²) < 4.78 is 5.68. The molecule has 0 saturated heterocycles. The van der Waals surface area contributed by atoms with Crippen molar-refractivity contribution in [1.29, 1.82) is 0 Å². The molecule has 1 aromatic carbocycles. The van der Waals surface area contributed by atoms with E-state index < -0.39 is 0 Å². The van der Waals surface area contributed by atoms with E-state index in [2.05, 4.69) is 13.8 Å². The Balaban J connectivity index is 1.82. The number of rotatable bonds is 5. The molecule has 1 fully saturated rings. The minimum absolute atomic E-state index is 0.0684. The van der Waals surface area contributed by atoms with E-state index in [1.54, 1.807) is 0 Å². The minimum Gasteiger partial charge on any atom is -0.462 e. The van der Waals surface area contributed by atoms with Crippen molar-refractivity contribution in [2.45, 2.75) is 64.4 Å². The predicted octanol–water partition coefficient (Wildman–Crippen LogP) is 4.27. The van der Waals surface area contributed by atoms with E-state index in [4.69, 9.17) is 10.5 Å². The zero-order chi connectivity index (χ0) is 15.2. The molecule has 3 nitrogen and oxygen atoms in total. The summed E-state index contributed by atoms with van der Waals surface area (Å²) in [7, 11) is 0. The summed E-state index contributed by atoms with van der Waals surface area (Å²) in [4.78, 5) is 12.1. The Bertz CT molecular complexity index is 455. The number of esters is 1. The molecule has 3 atom stereocenters. The molecule has 0 spiro atoms. The van der Waals surface area contributed by atoms with E-state index in [1.807, 2.05) is 24.3 Å². The van der Waals surface area contributed by atoms with Gasteiger partial charge in [0, 0.05) is 5.69 Å². The highest BCUT2D eigenvalue weighted by molar-refractivity contribution is 5.70. The monoisotopic (exact) mass is 289 g/mol. The van der Waals surface area contributed by atoms with Crippen LogP contribution in [-0.2, 0) is 9.53 Å². The highest BCUT2D eigenvalue weighted by Gasteiger charge is 2.24. The fraction of sp³-hybridized carbons (Fsp3) is 0.611. The molecule has 1 aliphatic carbocycles. The van der Waals surface area contributed by atoms with Crippen molar-refractivity contribution < 1.29 is 9.53 Å². The van der Waals surface area contributed by atoms with Crippen LogP contribution in [0, 0.1) is 5.92 Å². The van der Waals surface area contributed by atoms with Crippen molar-refractivity contribution in [3.63, 3.8) is 0 Å². The Labute approximate surface area is 127 Å². The third-order valence-electron chi connectivity index (χ3n) is 4.59. The average Bonchev–Trinajstić information content (AvgIpc) is 2.47. The van der Waals surface area contributed by atoms with Gasteiger partial charge in [0.2, 0.25) is 0 Å². The third kappa shape index (κ3) is 4.76. The van der Waals surface area contributed by atoms with Crippen LogP contribution < -0.4 is 5.73 Å². The van der Waals surface area contributed by atoms with Crippen molar-refractivity contribution >= 4 is 11.7 Å². The molecular formula is C18H27NO2. The summed E-state index contributed by atoms with van der Waals surface area (Å²) in [6.45, 7) is 4.28. The lowest BCUT2D eigenvalue weighted by atomic mass is 9.85. The van der Waals surface area contributed by atoms with E-state index in [1.165, 1.54) is 19.3 Å². The molecular weight excluding hydrogens is 262 g/mol. The van der Waals surface area contributed by atoms with Gasteiger partial charge in [-0.3, -0.25) is 4.79 Å². The second-order valence-electron chi connectivity index (χ2n) is 6.32. The first-order valence-electron chi connectivity index (χ1n) is 8.13. The van der Waals surface area contributed by atoms with Crippen LogP contribution in [0.3, 0.4) is 0 Å². The number of carbonyl (C=O) groups excluding carboxylic acids is 1. The number of hydrogen-bond acceptors (Lipinski definition) is 3. The summed E-state index contributed by atoms with van der Waals surface area (Å²) in [6, 6.07) is 7.73. The van der Waals surface area contributed by atoms with Crippen LogP contribution in [0.5, 0.6) is 0 Å². The Morgan fingerprint density at radius 3 is 2.71 bits per heavy atom. The third-order valence-corrected chi connectivity index (χ3v) is 4.59. The Kier molecular flexibility index (Phi) is 5.66. The number of nitrogen functional groups attached to an aromatic ring is 1. The molecule has 0 radical (unpaired) electrons. The van der Waals surface area contributed by atoms with Crippen LogP contribution >= 0.6 is 0 Å². The van der Waals surface area contributed by atoms with Gasteiger partial charge in [0.15, 0.2) is 0 Å². The molecule has 116 valence electrons. The van der Waals surface area contributed by atoms with Crippen LogP contribution in [0.15, 0.2) is 24.3 Å². The van der Waals surface area contributed by atoms with Gasteiger partial charge in [0.1, 0.15) is 6.10 Å². The second kappa shape index (κ2) is 7.48. The largest absolute Gasteiger partial charge is 0.462 e. The Hall–Kier alpha value is -1.51. The van der Waals surface area contributed by atoms with Crippen molar-refractivity contribution in [2.24, 2.45) is 5.92 Å². The fourth-order valence-electron chi connectivity index (χ4n) is 3.15. The van der Waals surface area contributed by atoms with Gasteiger partial charge in [0.05, 0.1) is 6.42 Å².